The lowest BCUT2D eigenvalue weighted by atomic mass is 10.1. The molecule has 0 aromatic heterocycles. The molecule has 4 rings (SSSR count). The van der Waals surface area contributed by atoms with Gasteiger partial charge in [-0.05, 0) is 42.7 Å². The second-order valence-corrected chi connectivity index (χ2v) is 7.34. The molecule has 1 saturated heterocycles. The molecule has 1 saturated carbocycles. The highest BCUT2D eigenvalue weighted by atomic mass is 35.5. The molecule has 1 heterocycles. The Bertz CT molecular complexity index is 904. The number of ether oxygens (including phenoxy) is 3. The Hall–Kier alpha value is -2.79. The van der Waals surface area contributed by atoms with E-state index in [2.05, 4.69) is 0 Å². The van der Waals surface area contributed by atoms with Gasteiger partial charge in [0.2, 0.25) is 0 Å². The average molecular weight is 399 g/mol. The Morgan fingerprint density at radius 1 is 0.964 bits per heavy atom. The van der Waals surface area contributed by atoms with E-state index in [1.54, 1.807) is 30.3 Å². The van der Waals surface area contributed by atoms with Crippen LogP contribution in [-0.2, 0) is 25.7 Å². The molecule has 0 unspecified atom stereocenters. The van der Waals surface area contributed by atoms with Crippen molar-refractivity contribution in [1.29, 1.82) is 0 Å². The molecule has 28 heavy (non-hydrogen) atoms. The molecular weight excluding hydrogens is 380 g/mol. The monoisotopic (exact) mass is 398 g/mol. The number of hydrogen-bond donors (Lipinski definition) is 0. The fraction of sp³-hybridized carbons (Fsp3) is 0.273. The number of para-hydroxylation sites is 1. The standard InChI is InChI=1S/C22H19ClO5/c23-17-9-7-15(8-10-17)14-26-19-6-2-1-5-16(19)13-18-20(24)27-22(28-21(18)25)11-3-4-12-22/h1-2,5-10,13H,3-4,11-12,14H2. The van der Waals surface area contributed by atoms with Crippen molar-refractivity contribution in [2.75, 3.05) is 0 Å². The second kappa shape index (κ2) is 7.68. The molecule has 144 valence electrons. The van der Waals surface area contributed by atoms with Gasteiger partial charge in [-0.15, -0.1) is 0 Å². The van der Waals surface area contributed by atoms with E-state index >= 15 is 0 Å². The third kappa shape index (κ3) is 3.90. The summed E-state index contributed by atoms with van der Waals surface area (Å²) in [7, 11) is 0. The van der Waals surface area contributed by atoms with Crippen LogP contribution in [-0.4, -0.2) is 17.7 Å². The van der Waals surface area contributed by atoms with Gasteiger partial charge in [-0.2, -0.15) is 0 Å². The van der Waals surface area contributed by atoms with Crippen LogP contribution >= 0.6 is 11.6 Å². The Balaban J connectivity index is 1.53. The van der Waals surface area contributed by atoms with Gasteiger partial charge in [-0.1, -0.05) is 41.9 Å². The maximum atomic E-state index is 12.4. The number of halogens is 1. The third-order valence-electron chi connectivity index (χ3n) is 4.89. The van der Waals surface area contributed by atoms with Crippen LogP contribution in [0.2, 0.25) is 5.02 Å². The lowest BCUT2D eigenvalue weighted by molar-refractivity contribution is -0.232. The molecule has 6 heteroatoms. The van der Waals surface area contributed by atoms with Gasteiger partial charge < -0.3 is 14.2 Å². The first-order valence-corrected chi connectivity index (χ1v) is 9.57. The zero-order valence-electron chi connectivity index (χ0n) is 15.2. The van der Waals surface area contributed by atoms with Crippen molar-refractivity contribution >= 4 is 29.6 Å². The molecule has 5 nitrogen and oxygen atoms in total. The van der Waals surface area contributed by atoms with Crippen LogP contribution in [0.25, 0.3) is 6.08 Å². The summed E-state index contributed by atoms with van der Waals surface area (Å²) >= 11 is 5.90. The zero-order valence-corrected chi connectivity index (χ0v) is 15.9. The van der Waals surface area contributed by atoms with Gasteiger partial charge in [0, 0.05) is 23.4 Å². The number of carbonyl (C=O) groups is 2. The molecule has 1 aliphatic carbocycles. The molecule has 1 spiro atoms. The predicted molar refractivity (Wildman–Crippen MR) is 104 cm³/mol. The Morgan fingerprint density at radius 3 is 2.29 bits per heavy atom. The van der Waals surface area contributed by atoms with Crippen LogP contribution in [0.3, 0.4) is 0 Å². The number of esters is 2. The molecule has 2 aliphatic rings. The van der Waals surface area contributed by atoms with E-state index in [9.17, 15) is 9.59 Å². The van der Waals surface area contributed by atoms with Gasteiger partial charge in [-0.3, -0.25) is 0 Å². The summed E-state index contributed by atoms with van der Waals surface area (Å²) in [5.74, 6) is -1.82. The summed E-state index contributed by atoms with van der Waals surface area (Å²) in [5.41, 5.74) is 1.43. The van der Waals surface area contributed by atoms with Crippen molar-refractivity contribution in [3.05, 3.63) is 70.3 Å². The van der Waals surface area contributed by atoms with Crippen LogP contribution in [0, 0.1) is 0 Å². The average Bonchev–Trinajstić information content (AvgIpc) is 3.12. The molecule has 0 N–H and O–H groups in total. The number of hydrogen-bond acceptors (Lipinski definition) is 5. The van der Waals surface area contributed by atoms with Gasteiger partial charge in [-0.25, -0.2) is 9.59 Å². The molecule has 2 aromatic rings. The highest BCUT2D eigenvalue weighted by molar-refractivity contribution is 6.30. The molecule has 1 aliphatic heterocycles. The first-order chi connectivity index (χ1) is 13.5. The Kier molecular flexibility index (Phi) is 5.09. The highest BCUT2D eigenvalue weighted by Gasteiger charge is 2.47. The summed E-state index contributed by atoms with van der Waals surface area (Å²) in [6.07, 6.45) is 4.32. The lowest BCUT2D eigenvalue weighted by Crippen LogP contribution is -2.44. The SMILES string of the molecule is O=C1OC2(CCCC2)OC(=O)C1=Cc1ccccc1OCc1ccc(Cl)cc1. The molecular formula is C22H19ClO5. The first kappa shape index (κ1) is 18.6. The zero-order chi connectivity index (χ0) is 19.6. The maximum Gasteiger partial charge on any atom is 0.348 e. The number of benzene rings is 2. The molecule has 0 atom stereocenters. The van der Waals surface area contributed by atoms with Crippen molar-refractivity contribution in [3.8, 4) is 5.75 Å². The maximum absolute atomic E-state index is 12.4. The van der Waals surface area contributed by atoms with E-state index in [0.29, 0.717) is 35.8 Å². The Labute approximate surface area is 167 Å². The summed E-state index contributed by atoms with van der Waals surface area (Å²) in [6.45, 7) is 0.329. The fourth-order valence-corrected chi connectivity index (χ4v) is 3.54. The van der Waals surface area contributed by atoms with Gasteiger partial charge >= 0.3 is 11.9 Å². The molecule has 0 radical (unpaired) electrons. The largest absolute Gasteiger partial charge is 0.488 e. The van der Waals surface area contributed by atoms with Crippen LogP contribution < -0.4 is 4.74 Å². The van der Waals surface area contributed by atoms with E-state index in [0.717, 1.165) is 18.4 Å². The molecule has 2 fully saturated rings. The van der Waals surface area contributed by atoms with E-state index in [1.165, 1.54) is 6.08 Å². The van der Waals surface area contributed by atoms with Crippen molar-refractivity contribution in [1.82, 2.24) is 0 Å². The highest BCUT2D eigenvalue weighted by Crippen LogP contribution is 2.39. The van der Waals surface area contributed by atoms with E-state index in [4.69, 9.17) is 25.8 Å². The minimum absolute atomic E-state index is 0.125. The van der Waals surface area contributed by atoms with Crippen molar-refractivity contribution in [2.24, 2.45) is 0 Å². The number of rotatable bonds is 4. The van der Waals surface area contributed by atoms with Crippen LogP contribution in [0.15, 0.2) is 54.1 Å². The van der Waals surface area contributed by atoms with Gasteiger partial charge in [0.25, 0.3) is 5.79 Å². The van der Waals surface area contributed by atoms with E-state index in [1.807, 2.05) is 18.2 Å². The summed E-state index contributed by atoms with van der Waals surface area (Å²) in [6, 6.07) is 14.5. The summed E-state index contributed by atoms with van der Waals surface area (Å²) in [5, 5.41) is 0.656. The molecule has 2 aromatic carbocycles. The smallest absolute Gasteiger partial charge is 0.348 e. The third-order valence-corrected chi connectivity index (χ3v) is 5.14. The minimum Gasteiger partial charge on any atom is -0.488 e. The summed E-state index contributed by atoms with van der Waals surface area (Å²) in [4.78, 5) is 24.9. The number of carbonyl (C=O) groups excluding carboxylic acids is 2. The van der Waals surface area contributed by atoms with Crippen LogP contribution in [0.5, 0.6) is 5.75 Å². The summed E-state index contributed by atoms with van der Waals surface area (Å²) < 4.78 is 16.8. The van der Waals surface area contributed by atoms with Crippen LogP contribution in [0.4, 0.5) is 0 Å². The van der Waals surface area contributed by atoms with Crippen LogP contribution in [0.1, 0.15) is 36.8 Å². The molecule has 0 amide bonds. The van der Waals surface area contributed by atoms with E-state index in [-0.39, 0.29) is 5.57 Å². The lowest BCUT2D eigenvalue weighted by Gasteiger charge is -2.32. The van der Waals surface area contributed by atoms with Crippen molar-refractivity contribution < 1.29 is 23.8 Å². The van der Waals surface area contributed by atoms with E-state index < -0.39 is 17.7 Å². The predicted octanol–water partition coefficient (Wildman–Crippen LogP) is 4.67. The quantitative estimate of drug-likeness (QED) is 0.425. The molecule has 0 bridgehead atoms. The fourth-order valence-electron chi connectivity index (χ4n) is 3.42. The van der Waals surface area contributed by atoms with Gasteiger partial charge in [0.15, 0.2) is 0 Å². The van der Waals surface area contributed by atoms with Crippen molar-refractivity contribution in [2.45, 2.75) is 38.1 Å². The first-order valence-electron chi connectivity index (χ1n) is 9.19. The normalized spacial score (nSPS) is 18.0. The topological polar surface area (TPSA) is 61.8 Å². The Morgan fingerprint density at radius 2 is 1.61 bits per heavy atom. The van der Waals surface area contributed by atoms with Gasteiger partial charge in [0.05, 0.1) is 0 Å². The minimum atomic E-state index is -1.07. The van der Waals surface area contributed by atoms with Gasteiger partial charge in [0.1, 0.15) is 17.9 Å². The van der Waals surface area contributed by atoms with Crippen molar-refractivity contribution in [3.63, 3.8) is 0 Å². The second-order valence-electron chi connectivity index (χ2n) is 6.91.